The number of carbonyl (C=O) groups is 4. The number of ether oxygens (including phenoxy) is 2. The average molecular weight is 909 g/mol. The highest BCUT2D eigenvalue weighted by Crippen LogP contribution is 2.50. The molecule has 2 aliphatic heterocycles. The van der Waals surface area contributed by atoms with E-state index in [-0.39, 0.29) is 53.9 Å². The summed E-state index contributed by atoms with van der Waals surface area (Å²) in [4.78, 5) is 72.5. The van der Waals surface area contributed by atoms with E-state index in [0.717, 1.165) is 91.9 Å². The van der Waals surface area contributed by atoms with Gasteiger partial charge < -0.3 is 39.9 Å². The first kappa shape index (κ1) is 43.3. The first-order valence-corrected chi connectivity index (χ1v) is 24.6. The molecule has 336 valence electrons. The first-order valence-electron chi connectivity index (χ1n) is 21.7. The number of thiophene rings is 1. The highest BCUT2D eigenvalue weighted by Gasteiger charge is 2.51. The van der Waals surface area contributed by atoms with Crippen LogP contribution >= 0.6 is 11.3 Å². The molecule has 2 saturated heterocycles. The number of likely N-dealkylation sites (tertiary alicyclic amines) is 2. The third-order valence-electron chi connectivity index (χ3n) is 13.1. The van der Waals surface area contributed by atoms with Crippen LogP contribution in [-0.4, -0.2) is 113 Å². The largest absolute Gasteiger partial charge is 0.453 e. The number of amides is 4. The van der Waals surface area contributed by atoms with E-state index in [0.29, 0.717) is 18.2 Å². The lowest BCUT2D eigenvalue weighted by Crippen LogP contribution is -2.52. The Bertz CT molecular complexity index is 2910. The molecule has 0 spiro atoms. The number of imidazole rings is 2. The van der Waals surface area contributed by atoms with Gasteiger partial charge in [-0.25, -0.2) is 28.0 Å². The lowest BCUT2D eigenvalue weighted by molar-refractivity contribution is -0.138. The number of H-pyrrole nitrogens is 2. The smallest absolute Gasteiger partial charge is 0.407 e. The standard InChI is InChI=1S/C46H52N8O8S2/c1-24(2)39(52-46(58)62-4)44(56)53-17-6-7-36(53)41-47-23-35(50-41)27-10-14-31-30-13-9-26(21-37(30)63-38(31)22-27)25-11-15-32-34(20-25)49-42(48-32)40-28-8-12-29(19-28)54(40)43(55)33(51-45(57)61-3)16-18-64(5,59)60/h9-11,13-15,20-24,28-29,33,36,39-40H,6-8,12,16-19H2,1-5H3,(H,47,50)(H,48,49)(H,51,57)(H,52,58)/t28-,29-,33+,36+,39+,40+/m1/s1. The number of piperidine rings is 1. The first-order chi connectivity index (χ1) is 30.7. The van der Waals surface area contributed by atoms with Crippen LogP contribution in [0, 0.1) is 11.8 Å². The van der Waals surface area contributed by atoms with Gasteiger partial charge in [-0.3, -0.25) is 9.59 Å². The Morgan fingerprint density at radius 2 is 1.55 bits per heavy atom. The van der Waals surface area contributed by atoms with Crippen molar-refractivity contribution in [1.82, 2.24) is 40.4 Å². The number of methoxy groups -OCH3 is 2. The highest BCUT2D eigenvalue weighted by atomic mass is 32.2. The number of aromatic nitrogens is 4. The summed E-state index contributed by atoms with van der Waals surface area (Å²) < 4.78 is 35.9. The van der Waals surface area contributed by atoms with E-state index in [2.05, 4.69) is 69.1 Å². The van der Waals surface area contributed by atoms with Crippen LogP contribution in [0.25, 0.3) is 53.6 Å². The fraction of sp³-hybridized carbons (Fsp3) is 0.435. The molecule has 4 N–H and O–H groups in total. The molecule has 4 amide bonds. The number of aromatic amines is 2. The molecule has 0 radical (unpaired) electrons. The Kier molecular flexibility index (Phi) is 11.6. The van der Waals surface area contributed by atoms with Gasteiger partial charge in [0.2, 0.25) is 11.8 Å². The number of sulfone groups is 1. The molecule has 3 aromatic carbocycles. The van der Waals surface area contributed by atoms with Crippen molar-refractivity contribution in [2.24, 2.45) is 11.8 Å². The molecule has 5 heterocycles. The molecule has 3 aromatic heterocycles. The summed E-state index contributed by atoms with van der Waals surface area (Å²) in [6.07, 6.45) is 5.65. The third kappa shape index (κ3) is 8.28. The van der Waals surface area contributed by atoms with Crippen LogP contribution < -0.4 is 10.6 Å². The molecule has 3 fully saturated rings. The molecule has 0 unspecified atom stereocenters. The zero-order chi connectivity index (χ0) is 45.0. The van der Waals surface area contributed by atoms with Gasteiger partial charge in [-0.15, -0.1) is 11.3 Å². The lowest BCUT2D eigenvalue weighted by Gasteiger charge is -2.36. The topological polar surface area (TPSA) is 209 Å². The molecule has 6 aromatic rings. The molecular weight excluding hydrogens is 857 g/mol. The quantitative estimate of drug-likeness (QED) is 0.0968. The van der Waals surface area contributed by atoms with Crippen molar-refractivity contribution in [1.29, 1.82) is 0 Å². The van der Waals surface area contributed by atoms with Gasteiger partial charge >= 0.3 is 12.2 Å². The number of fused-ring (bicyclic) bond motifs is 6. The van der Waals surface area contributed by atoms with Crippen LogP contribution in [0.5, 0.6) is 0 Å². The van der Waals surface area contributed by atoms with Gasteiger partial charge in [0.25, 0.3) is 0 Å². The van der Waals surface area contributed by atoms with Crippen molar-refractivity contribution in [3.05, 3.63) is 72.4 Å². The van der Waals surface area contributed by atoms with Gasteiger partial charge in [0.1, 0.15) is 33.6 Å². The van der Waals surface area contributed by atoms with Gasteiger partial charge in [-0.2, -0.15) is 0 Å². The average Bonchev–Trinajstić information content (AvgIpc) is 4.14. The van der Waals surface area contributed by atoms with Crippen molar-refractivity contribution in [3.8, 4) is 22.4 Å². The van der Waals surface area contributed by atoms with E-state index < -0.39 is 34.1 Å². The summed E-state index contributed by atoms with van der Waals surface area (Å²) in [7, 11) is -0.889. The van der Waals surface area contributed by atoms with Crippen LogP contribution in [-0.2, 0) is 28.9 Å². The van der Waals surface area contributed by atoms with Crippen molar-refractivity contribution >= 4 is 76.4 Å². The van der Waals surface area contributed by atoms with Crippen LogP contribution in [0.1, 0.15) is 76.1 Å². The molecule has 1 aliphatic carbocycles. The normalized spacial score (nSPS) is 20.7. The number of hydrogen-bond acceptors (Lipinski definition) is 11. The molecule has 64 heavy (non-hydrogen) atoms. The van der Waals surface area contributed by atoms with Crippen LogP contribution in [0.4, 0.5) is 9.59 Å². The van der Waals surface area contributed by atoms with Crippen LogP contribution in [0.15, 0.2) is 60.8 Å². The zero-order valence-corrected chi connectivity index (χ0v) is 38.0. The molecular formula is C46H52N8O8S2. The number of nitrogens with zero attached hydrogens (tertiary/aromatic N) is 4. The van der Waals surface area contributed by atoms with Crippen LogP contribution in [0.2, 0.25) is 0 Å². The predicted octanol–water partition coefficient (Wildman–Crippen LogP) is 7.24. The monoisotopic (exact) mass is 908 g/mol. The maximum Gasteiger partial charge on any atom is 0.407 e. The maximum absolute atomic E-state index is 14.1. The van der Waals surface area contributed by atoms with Crippen LogP contribution in [0.3, 0.4) is 0 Å². The molecule has 1 saturated carbocycles. The van der Waals surface area contributed by atoms with E-state index >= 15 is 0 Å². The van der Waals surface area contributed by atoms with E-state index in [1.807, 2.05) is 35.9 Å². The lowest BCUT2D eigenvalue weighted by atomic mass is 9.97. The summed E-state index contributed by atoms with van der Waals surface area (Å²) >= 11 is 1.72. The van der Waals surface area contributed by atoms with Gasteiger partial charge in [-0.05, 0) is 85.8 Å². The molecule has 18 heteroatoms. The number of rotatable bonds is 12. The predicted molar refractivity (Wildman–Crippen MR) is 244 cm³/mol. The van der Waals surface area contributed by atoms with E-state index in [9.17, 15) is 27.6 Å². The maximum atomic E-state index is 14.1. The number of hydrogen-bond donors (Lipinski definition) is 4. The fourth-order valence-corrected chi connectivity index (χ4v) is 11.8. The van der Waals surface area contributed by atoms with Crippen molar-refractivity contribution in [3.63, 3.8) is 0 Å². The molecule has 2 bridgehead atoms. The Morgan fingerprint density at radius 1 is 0.859 bits per heavy atom. The SMILES string of the molecule is COC(=O)N[C@@H](CCS(C)(=O)=O)C(=O)N1[C@@H]2CC[C@H](C2)[C@H]1c1nc2ccc(-c3ccc4c(c3)sc3cc(-c5cnc([C@@H]6CCCN6C(=O)[C@@H](NC(=O)OC)C(C)C)[nH]5)ccc34)cc2[nH]1. The molecule has 16 nitrogen and oxygen atoms in total. The molecule has 3 aliphatic rings. The Hall–Kier alpha value is -6.01. The van der Waals surface area contributed by atoms with Gasteiger partial charge in [-0.1, -0.05) is 44.2 Å². The second-order valence-corrected chi connectivity index (χ2v) is 21.0. The van der Waals surface area contributed by atoms with Crippen molar-refractivity contribution in [2.75, 3.05) is 32.8 Å². The Morgan fingerprint density at radius 3 is 2.27 bits per heavy atom. The number of nitrogens with one attached hydrogen (secondary N) is 4. The fourth-order valence-electron chi connectivity index (χ4n) is 9.95. The minimum Gasteiger partial charge on any atom is -0.453 e. The van der Waals surface area contributed by atoms with E-state index in [1.165, 1.54) is 14.2 Å². The third-order valence-corrected chi connectivity index (χ3v) is 15.2. The second kappa shape index (κ2) is 17.2. The van der Waals surface area contributed by atoms with E-state index in [4.69, 9.17) is 19.4 Å². The molecule has 6 atom stereocenters. The van der Waals surface area contributed by atoms with Gasteiger partial charge in [0.05, 0.1) is 55.0 Å². The summed E-state index contributed by atoms with van der Waals surface area (Å²) in [6, 6.07) is 16.7. The minimum atomic E-state index is -3.39. The van der Waals surface area contributed by atoms with Crippen molar-refractivity contribution in [2.45, 2.75) is 82.6 Å². The summed E-state index contributed by atoms with van der Waals surface area (Å²) in [6.45, 7) is 4.38. The highest BCUT2D eigenvalue weighted by molar-refractivity contribution is 7.90. The van der Waals surface area contributed by atoms with Gasteiger partial charge in [0.15, 0.2) is 0 Å². The molecule has 9 rings (SSSR count). The Labute approximate surface area is 374 Å². The zero-order valence-electron chi connectivity index (χ0n) is 36.3. The Balaban J connectivity index is 0.945. The minimum absolute atomic E-state index is 0.0328. The summed E-state index contributed by atoms with van der Waals surface area (Å²) in [5.74, 6) is 0.723. The number of alkyl carbamates (subject to hydrolysis) is 2. The van der Waals surface area contributed by atoms with Crippen molar-refractivity contribution < 1.29 is 37.1 Å². The van der Waals surface area contributed by atoms with Gasteiger partial charge in [0, 0.05) is 44.6 Å². The summed E-state index contributed by atoms with van der Waals surface area (Å²) in [5.41, 5.74) is 5.52. The van der Waals surface area contributed by atoms with E-state index in [1.54, 1.807) is 11.3 Å². The number of carbonyl (C=O) groups excluding carboxylic acids is 4. The number of benzene rings is 3. The summed E-state index contributed by atoms with van der Waals surface area (Å²) in [5, 5.41) is 7.60. The second-order valence-electron chi connectivity index (χ2n) is 17.6.